The van der Waals surface area contributed by atoms with Crippen molar-refractivity contribution >= 4 is 10.9 Å². The Morgan fingerprint density at radius 1 is 1.20 bits per heavy atom. The van der Waals surface area contributed by atoms with Crippen molar-refractivity contribution in [3.05, 3.63) is 42.1 Å². The second-order valence-electron chi connectivity index (χ2n) is 6.09. The number of para-hydroxylation sites is 1. The van der Waals surface area contributed by atoms with Crippen molar-refractivity contribution in [2.24, 2.45) is 5.92 Å². The summed E-state index contributed by atoms with van der Waals surface area (Å²) >= 11 is 0. The maximum atomic E-state index is 4.59. The summed E-state index contributed by atoms with van der Waals surface area (Å²) < 4.78 is 0. The van der Waals surface area contributed by atoms with E-state index in [9.17, 15) is 0 Å². The number of likely N-dealkylation sites (tertiary alicyclic amines) is 1. The van der Waals surface area contributed by atoms with Crippen molar-refractivity contribution in [3.8, 4) is 0 Å². The van der Waals surface area contributed by atoms with Crippen LogP contribution in [0.2, 0.25) is 0 Å². The zero-order valence-electron chi connectivity index (χ0n) is 11.8. The van der Waals surface area contributed by atoms with Gasteiger partial charge in [0.2, 0.25) is 0 Å². The lowest BCUT2D eigenvalue weighted by molar-refractivity contribution is 0.118. The summed E-state index contributed by atoms with van der Waals surface area (Å²) in [6.07, 6.45) is 4.63. The number of pyridine rings is 1. The zero-order valence-corrected chi connectivity index (χ0v) is 11.8. The highest BCUT2D eigenvalue weighted by Crippen LogP contribution is 2.28. The number of nitrogens with one attached hydrogen (secondary N) is 1. The van der Waals surface area contributed by atoms with Crippen LogP contribution in [0.5, 0.6) is 0 Å². The Kier molecular flexibility index (Phi) is 3.17. The van der Waals surface area contributed by atoms with Gasteiger partial charge in [0.1, 0.15) is 0 Å². The van der Waals surface area contributed by atoms with E-state index in [2.05, 4.69) is 39.5 Å². The zero-order chi connectivity index (χ0) is 13.4. The number of hydrogen-bond acceptors (Lipinski definition) is 3. The van der Waals surface area contributed by atoms with Crippen LogP contribution in [0.25, 0.3) is 10.9 Å². The van der Waals surface area contributed by atoms with Gasteiger partial charge in [-0.05, 0) is 43.5 Å². The molecular weight excluding hydrogens is 246 g/mol. The van der Waals surface area contributed by atoms with E-state index in [0.717, 1.165) is 25.0 Å². The molecule has 1 aromatic carbocycles. The van der Waals surface area contributed by atoms with Crippen molar-refractivity contribution in [2.75, 3.05) is 19.6 Å². The molecule has 4 rings (SSSR count). The van der Waals surface area contributed by atoms with Crippen LogP contribution in [0.3, 0.4) is 0 Å². The highest BCUT2D eigenvalue weighted by molar-refractivity contribution is 5.81. The standard InChI is InChI=1S/C17H21N3/c1-4-13-6-2-8-19-17(13)15(5-1)12-20-9-3-7-14-10-18-11-16(14)20/h1-2,4-6,8,14,16,18H,3,7,9-12H2. The van der Waals surface area contributed by atoms with Gasteiger partial charge in [0.05, 0.1) is 5.52 Å². The summed E-state index contributed by atoms with van der Waals surface area (Å²) in [5.41, 5.74) is 2.54. The van der Waals surface area contributed by atoms with E-state index in [1.807, 2.05) is 12.3 Å². The van der Waals surface area contributed by atoms with Crippen LogP contribution >= 0.6 is 0 Å². The van der Waals surface area contributed by atoms with Gasteiger partial charge in [-0.25, -0.2) is 0 Å². The molecule has 2 unspecified atom stereocenters. The molecule has 0 bridgehead atoms. The molecule has 0 saturated carbocycles. The lowest BCUT2D eigenvalue weighted by Crippen LogP contribution is -2.44. The van der Waals surface area contributed by atoms with E-state index < -0.39 is 0 Å². The van der Waals surface area contributed by atoms with Crippen molar-refractivity contribution in [3.63, 3.8) is 0 Å². The fourth-order valence-corrected chi connectivity index (χ4v) is 3.87. The second kappa shape index (κ2) is 5.15. The molecule has 1 N–H and O–H groups in total. The summed E-state index contributed by atoms with van der Waals surface area (Å²) in [6.45, 7) is 4.63. The molecule has 0 aliphatic carbocycles. The first-order valence-corrected chi connectivity index (χ1v) is 7.69. The first-order chi connectivity index (χ1) is 9.92. The van der Waals surface area contributed by atoms with E-state index in [-0.39, 0.29) is 0 Å². The van der Waals surface area contributed by atoms with Gasteiger partial charge >= 0.3 is 0 Å². The van der Waals surface area contributed by atoms with Crippen molar-refractivity contribution in [2.45, 2.75) is 25.4 Å². The molecule has 104 valence electrons. The van der Waals surface area contributed by atoms with Gasteiger partial charge < -0.3 is 5.32 Å². The Morgan fingerprint density at radius 3 is 3.15 bits per heavy atom. The molecule has 2 aromatic rings. The molecule has 20 heavy (non-hydrogen) atoms. The lowest BCUT2D eigenvalue weighted by atomic mass is 9.91. The first-order valence-electron chi connectivity index (χ1n) is 7.69. The van der Waals surface area contributed by atoms with Crippen molar-refractivity contribution < 1.29 is 0 Å². The predicted molar refractivity (Wildman–Crippen MR) is 81.5 cm³/mol. The smallest absolute Gasteiger partial charge is 0.0746 e. The minimum Gasteiger partial charge on any atom is -0.315 e. The van der Waals surface area contributed by atoms with E-state index in [1.54, 1.807) is 0 Å². The highest BCUT2D eigenvalue weighted by atomic mass is 15.2. The van der Waals surface area contributed by atoms with Gasteiger partial charge in [-0.15, -0.1) is 0 Å². The van der Waals surface area contributed by atoms with Crippen LogP contribution in [0.15, 0.2) is 36.5 Å². The number of nitrogens with zero attached hydrogens (tertiary/aromatic N) is 2. The third kappa shape index (κ3) is 2.11. The van der Waals surface area contributed by atoms with Crippen LogP contribution < -0.4 is 5.32 Å². The van der Waals surface area contributed by atoms with Gasteiger partial charge in [-0.2, -0.15) is 0 Å². The third-order valence-corrected chi connectivity index (χ3v) is 4.88. The number of fused-ring (bicyclic) bond motifs is 2. The van der Waals surface area contributed by atoms with Crippen LogP contribution in [0, 0.1) is 5.92 Å². The Hall–Kier alpha value is -1.45. The average molecular weight is 267 g/mol. The predicted octanol–water partition coefficient (Wildman–Crippen LogP) is 2.42. The Labute approximate surface area is 120 Å². The monoisotopic (exact) mass is 267 g/mol. The maximum absolute atomic E-state index is 4.59. The molecule has 2 saturated heterocycles. The second-order valence-corrected chi connectivity index (χ2v) is 6.09. The quantitative estimate of drug-likeness (QED) is 0.905. The average Bonchev–Trinajstić information content (AvgIpc) is 2.97. The highest BCUT2D eigenvalue weighted by Gasteiger charge is 2.34. The minimum absolute atomic E-state index is 0.725. The molecule has 2 fully saturated rings. The Balaban J connectivity index is 1.64. The third-order valence-electron chi connectivity index (χ3n) is 4.88. The summed E-state index contributed by atoms with van der Waals surface area (Å²) in [6, 6.07) is 11.4. The number of rotatable bonds is 2. The van der Waals surface area contributed by atoms with E-state index in [4.69, 9.17) is 0 Å². The molecule has 0 spiro atoms. The molecule has 2 aliphatic heterocycles. The molecule has 0 radical (unpaired) electrons. The molecule has 3 heteroatoms. The van der Waals surface area contributed by atoms with Gasteiger partial charge in [-0.1, -0.05) is 24.3 Å². The largest absolute Gasteiger partial charge is 0.315 e. The fraction of sp³-hybridized carbons (Fsp3) is 0.471. The normalized spacial score (nSPS) is 26.8. The Morgan fingerprint density at radius 2 is 2.15 bits per heavy atom. The number of piperidine rings is 1. The first kappa shape index (κ1) is 12.3. The van der Waals surface area contributed by atoms with Gasteiger partial charge in [0.25, 0.3) is 0 Å². The van der Waals surface area contributed by atoms with Gasteiger partial charge in [0.15, 0.2) is 0 Å². The molecule has 2 aliphatic rings. The van der Waals surface area contributed by atoms with Crippen LogP contribution in [0.1, 0.15) is 18.4 Å². The van der Waals surface area contributed by atoms with Gasteiger partial charge in [-0.3, -0.25) is 9.88 Å². The summed E-state index contributed by atoms with van der Waals surface area (Å²) in [7, 11) is 0. The van der Waals surface area contributed by atoms with Crippen molar-refractivity contribution in [1.82, 2.24) is 15.2 Å². The van der Waals surface area contributed by atoms with Gasteiger partial charge in [0, 0.05) is 30.7 Å². The summed E-state index contributed by atoms with van der Waals surface area (Å²) in [5, 5.41) is 4.81. The molecule has 2 atom stereocenters. The van der Waals surface area contributed by atoms with Crippen LogP contribution in [-0.4, -0.2) is 35.6 Å². The summed E-state index contributed by atoms with van der Waals surface area (Å²) in [4.78, 5) is 7.25. The molecule has 3 nitrogen and oxygen atoms in total. The number of benzene rings is 1. The number of hydrogen-bond donors (Lipinski definition) is 1. The lowest BCUT2D eigenvalue weighted by Gasteiger charge is -2.37. The van der Waals surface area contributed by atoms with E-state index in [0.29, 0.717) is 0 Å². The SMILES string of the molecule is c1cnc2c(CN3CCCC4CNCC43)cccc2c1. The summed E-state index contributed by atoms with van der Waals surface area (Å²) in [5.74, 6) is 0.853. The van der Waals surface area contributed by atoms with Crippen molar-refractivity contribution in [1.29, 1.82) is 0 Å². The fourth-order valence-electron chi connectivity index (χ4n) is 3.87. The minimum atomic E-state index is 0.725. The Bertz CT molecular complexity index is 605. The molecule has 1 aromatic heterocycles. The topological polar surface area (TPSA) is 28.2 Å². The van der Waals surface area contributed by atoms with Crippen LogP contribution in [0.4, 0.5) is 0 Å². The molecular formula is C17H21N3. The maximum Gasteiger partial charge on any atom is 0.0746 e. The molecule has 0 amide bonds. The number of aromatic nitrogens is 1. The van der Waals surface area contributed by atoms with E-state index in [1.165, 1.54) is 42.4 Å². The van der Waals surface area contributed by atoms with E-state index >= 15 is 0 Å². The molecule has 3 heterocycles. The van der Waals surface area contributed by atoms with Crippen LogP contribution in [-0.2, 0) is 6.54 Å².